The number of methoxy groups -OCH3 is 1. The largest absolute Gasteiger partial charge is 0.465 e. The fourth-order valence-corrected chi connectivity index (χ4v) is 1.04. The monoisotopic (exact) mass is 217 g/mol. The number of hydrogen-bond acceptors (Lipinski definition) is 5. The number of esters is 1. The topological polar surface area (TPSA) is 91.2 Å². The van der Waals surface area contributed by atoms with E-state index >= 15 is 0 Å². The number of anilines is 2. The van der Waals surface area contributed by atoms with Crippen LogP contribution in [0.15, 0.2) is 6.07 Å². The molecule has 7 heteroatoms. The highest BCUT2D eigenvalue weighted by atomic mass is 19.3. The van der Waals surface area contributed by atoms with Gasteiger partial charge in [-0.2, -0.15) is 0 Å². The second-order valence-corrected chi connectivity index (χ2v) is 2.69. The maximum Gasteiger partial charge on any atom is 0.340 e. The summed E-state index contributed by atoms with van der Waals surface area (Å²) in [6.07, 6.45) is -2.89. The van der Waals surface area contributed by atoms with Crippen LogP contribution >= 0.6 is 0 Å². The first-order valence-electron chi connectivity index (χ1n) is 3.89. The first-order chi connectivity index (χ1) is 6.97. The lowest BCUT2D eigenvalue weighted by Gasteiger charge is -2.09. The predicted molar refractivity (Wildman–Crippen MR) is 49.4 cm³/mol. The van der Waals surface area contributed by atoms with Crippen LogP contribution in [0.1, 0.15) is 22.5 Å². The molecular weight excluding hydrogens is 208 g/mol. The number of hydrogen-bond donors (Lipinski definition) is 2. The SMILES string of the molecule is COC(=O)c1cc(N)nc(C(F)F)c1N. The van der Waals surface area contributed by atoms with E-state index < -0.39 is 23.8 Å². The third kappa shape index (κ3) is 2.12. The highest BCUT2D eigenvalue weighted by Crippen LogP contribution is 2.27. The zero-order chi connectivity index (χ0) is 11.6. The van der Waals surface area contributed by atoms with Crippen molar-refractivity contribution in [2.75, 3.05) is 18.6 Å². The number of alkyl halides is 2. The van der Waals surface area contributed by atoms with Gasteiger partial charge in [-0.05, 0) is 6.07 Å². The lowest BCUT2D eigenvalue weighted by molar-refractivity contribution is 0.0601. The smallest absolute Gasteiger partial charge is 0.340 e. The summed E-state index contributed by atoms with van der Waals surface area (Å²) in [6, 6.07) is 1.09. The molecule has 4 N–H and O–H groups in total. The Morgan fingerprint density at radius 2 is 2.13 bits per heavy atom. The fourth-order valence-electron chi connectivity index (χ4n) is 1.04. The normalized spacial score (nSPS) is 10.4. The van der Waals surface area contributed by atoms with Gasteiger partial charge in [0.1, 0.15) is 11.5 Å². The van der Waals surface area contributed by atoms with Crippen LogP contribution in [0.5, 0.6) is 0 Å². The Morgan fingerprint density at radius 3 is 2.60 bits per heavy atom. The van der Waals surface area contributed by atoms with Crippen LogP contribution in [-0.4, -0.2) is 18.1 Å². The number of pyridine rings is 1. The number of aromatic nitrogens is 1. The summed E-state index contributed by atoms with van der Waals surface area (Å²) in [5.74, 6) is -1.04. The number of rotatable bonds is 2. The molecule has 0 aromatic carbocycles. The number of ether oxygens (including phenoxy) is 1. The van der Waals surface area contributed by atoms with Gasteiger partial charge in [-0.15, -0.1) is 0 Å². The van der Waals surface area contributed by atoms with Gasteiger partial charge in [-0.3, -0.25) is 0 Å². The Morgan fingerprint density at radius 1 is 1.53 bits per heavy atom. The van der Waals surface area contributed by atoms with Gasteiger partial charge >= 0.3 is 5.97 Å². The van der Waals surface area contributed by atoms with Gasteiger partial charge in [0, 0.05) is 0 Å². The average molecular weight is 217 g/mol. The van der Waals surface area contributed by atoms with Crippen LogP contribution in [0.4, 0.5) is 20.3 Å². The van der Waals surface area contributed by atoms with E-state index in [1.807, 2.05) is 0 Å². The first kappa shape index (κ1) is 11.2. The summed E-state index contributed by atoms with van der Waals surface area (Å²) in [7, 11) is 1.11. The summed E-state index contributed by atoms with van der Waals surface area (Å²) in [6.45, 7) is 0. The van der Waals surface area contributed by atoms with E-state index in [4.69, 9.17) is 11.5 Å². The van der Waals surface area contributed by atoms with Crippen LogP contribution in [0.3, 0.4) is 0 Å². The average Bonchev–Trinajstić information content (AvgIpc) is 2.19. The van der Waals surface area contributed by atoms with E-state index in [0.717, 1.165) is 13.2 Å². The Bertz CT molecular complexity index is 396. The molecule has 0 atom stereocenters. The van der Waals surface area contributed by atoms with Gasteiger partial charge in [0.15, 0.2) is 0 Å². The van der Waals surface area contributed by atoms with Gasteiger partial charge in [0.25, 0.3) is 6.43 Å². The van der Waals surface area contributed by atoms with Crippen molar-refractivity contribution >= 4 is 17.5 Å². The molecule has 5 nitrogen and oxygen atoms in total. The summed E-state index contributed by atoms with van der Waals surface area (Å²) in [5, 5.41) is 0. The molecule has 0 fully saturated rings. The first-order valence-corrected chi connectivity index (χ1v) is 3.89. The molecule has 1 aromatic heterocycles. The second-order valence-electron chi connectivity index (χ2n) is 2.69. The lowest BCUT2D eigenvalue weighted by Crippen LogP contribution is -2.11. The molecule has 1 rings (SSSR count). The molecule has 0 aliphatic carbocycles. The van der Waals surface area contributed by atoms with E-state index in [1.54, 1.807) is 0 Å². The van der Waals surface area contributed by atoms with Crippen molar-refractivity contribution in [3.63, 3.8) is 0 Å². The molecule has 0 aliphatic heterocycles. The van der Waals surface area contributed by atoms with Crippen LogP contribution in [-0.2, 0) is 4.74 Å². The van der Waals surface area contributed by atoms with Crippen molar-refractivity contribution in [3.05, 3.63) is 17.3 Å². The van der Waals surface area contributed by atoms with Gasteiger partial charge in [0.2, 0.25) is 0 Å². The van der Waals surface area contributed by atoms with E-state index in [-0.39, 0.29) is 11.4 Å². The number of halogens is 2. The van der Waals surface area contributed by atoms with Crippen molar-refractivity contribution < 1.29 is 18.3 Å². The third-order valence-corrected chi connectivity index (χ3v) is 1.72. The molecular formula is C8H9F2N3O2. The molecule has 0 spiro atoms. The van der Waals surface area contributed by atoms with Crippen molar-refractivity contribution in [1.29, 1.82) is 0 Å². The highest BCUT2D eigenvalue weighted by Gasteiger charge is 2.21. The third-order valence-electron chi connectivity index (χ3n) is 1.72. The van der Waals surface area contributed by atoms with Crippen LogP contribution in [0.2, 0.25) is 0 Å². The molecule has 15 heavy (non-hydrogen) atoms. The molecule has 0 bridgehead atoms. The Kier molecular flexibility index (Phi) is 3.03. The minimum atomic E-state index is -2.89. The number of nitrogen functional groups attached to an aromatic ring is 2. The van der Waals surface area contributed by atoms with Gasteiger partial charge in [-0.1, -0.05) is 0 Å². The summed E-state index contributed by atoms with van der Waals surface area (Å²) in [5.41, 5.74) is 9.25. The van der Waals surface area contributed by atoms with Crippen LogP contribution < -0.4 is 11.5 Å². The van der Waals surface area contributed by atoms with E-state index in [0.29, 0.717) is 0 Å². The van der Waals surface area contributed by atoms with Crippen molar-refractivity contribution in [2.45, 2.75) is 6.43 Å². The maximum absolute atomic E-state index is 12.4. The van der Waals surface area contributed by atoms with Gasteiger partial charge in [-0.25, -0.2) is 18.6 Å². The molecule has 0 saturated heterocycles. The summed E-state index contributed by atoms with van der Waals surface area (Å²) in [4.78, 5) is 14.5. The quantitative estimate of drug-likeness (QED) is 0.720. The molecule has 0 amide bonds. The maximum atomic E-state index is 12.4. The van der Waals surface area contributed by atoms with Gasteiger partial charge in [0.05, 0.1) is 18.4 Å². The van der Waals surface area contributed by atoms with E-state index in [2.05, 4.69) is 9.72 Å². The zero-order valence-electron chi connectivity index (χ0n) is 7.83. The molecule has 0 aliphatic rings. The van der Waals surface area contributed by atoms with Crippen molar-refractivity contribution in [1.82, 2.24) is 4.98 Å². The Labute approximate surface area is 84.0 Å². The zero-order valence-corrected chi connectivity index (χ0v) is 7.83. The number of nitrogens with zero attached hydrogens (tertiary/aromatic N) is 1. The van der Waals surface area contributed by atoms with E-state index in [1.165, 1.54) is 0 Å². The van der Waals surface area contributed by atoms with E-state index in [9.17, 15) is 13.6 Å². The molecule has 0 unspecified atom stereocenters. The second kappa shape index (κ2) is 4.07. The Balaban J connectivity index is 3.34. The Hall–Kier alpha value is -1.92. The van der Waals surface area contributed by atoms with Crippen molar-refractivity contribution in [2.24, 2.45) is 0 Å². The molecule has 1 heterocycles. The summed E-state index contributed by atoms with van der Waals surface area (Å²) >= 11 is 0. The van der Waals surface area contributed by atoms with Crippen LogP contribution in [0, 0.1) is 0 Å². The molecule has 82 valence electrons. The number of carbonyl (C=O) groups is 1. The predicted octanol–water partition coefficient (Wildman–Crippen LogP) is 0.970. The van der Waals surface area contributed by atoms with Gasteiger partial charge < -0.3 is 16.2 Å². The number of carbonyl (C=O) groups excluding carboxylic acids is 1. The van der Waals surface area contributed by atoms with Crippen molar-refractivity contribution in [3.8, 4) is 0 Å². The lowest BCUT2D eigenvalue weighted by atomic mass is 10.1. The minimum absolute atomic E-state index is 0.208. The highest BCUT2D eigenvalue weighted by molar-refractivity contribution is 5.96. The standard InChI is InChI=1S/C8H9F2N3O2/c1-15-8(14)3-2-4(11)13-6(5(3)12)7(9)10/h2,7H,12H2,1H3,(H2,11,13). The molecule has 0 saturated carbocycles. The molecule has 0 radical (unpaired) electrons. The molecule has 1 aromatic rings. The summed E-state index contributed by atoms with van der Waals surface area (Å²) < 4.78 is 29.2. The fraction of sp³-hybridized carbons (Fsp3) is 0.250. The minimum Gasteiger partial charge on any atom is -0.465 e. The number of nitrogens with two attached hydrogens (primary N) is 2. The van der Waals surface area contributed by atoms with Crippen LogP contribution in [0.25, 0.3) is 0 Å².